The molecule has 2 fully saturated rings. The number of aliphatic hydroxyl groups is 1. The maximum Gasteiger partial charge on any atom is 0.225 e. The zero-order chi connectivity index (χ0) is 14.0. The molecule has 0 bridgehead atoms. The van der Waals surface area contributed by atoms with E-state index >= 15 is 0 Å². The second kappa shape index (κ2) is 5.82. The van der Waals surface area contributed by atoms with E-state index in [1.54, 1.807) is 0 Å². The lowest BCUT2D eigenvalue weighted by Gasteiger charge is -2.41. The number of rotatable bonds is 2. The molecule has 2 aliphatic rings. The molecule has 0 aromatic carbocycles. The smallest absolute Gasteiger partial charge is 0.225 e. The van der Waals surface area contributed by atoms with E-state index in [9.17, 15) is 4.79 Å². The summed E-state index contributed by atoms with van der Waals surface area (Å²) >= 11 is 0. The van der Waals surface area contributed by atoms with Crippen molar-refractivity contribution in [3.63, 3.8) is 0 Å². The second-order valence-corrected chi connectivity index (χ2v) is 7.56. The van der Waals surface area contributed by atoms with E-state index in [0.29, 0.717) is 23.2 Å². The van der Waals surface area contributed by atoms with Crippen molar-refractivity contribution in [3.05, 3.63) is 0 Å². The zero-order valence-electron chi connectivity index (χ0n) is 12.7. The Hall–Kier alpha value is -0.570. The van der Waals surface area contributed by atoms with Gasteiger partial charge in [0.25, 0.3) is 0 Å². The minimum Gasteiger partial charge on any atom is -0.396 e. The van der Waals surface area contributed by atoms with Crippen LogP contribution in [0.2, 0.25) is 0 Å². The van der Waals surface area contributed by atoms with E-state index in [4.69, 9.17) is 5.11 Å². The van der Waals surface area contributed by atoms with Gasteiger partial charge < -0.3 is 10.0 Å². The number of carbonyl (C=O) groups is 1. The molecule has 1 saturated carbocycles. The van der Waals surface area contributed by atoms with E-state index in [0.717, 1.165) is 38.8 Å². The lowest BCUT2D eigenvalue weighted by atomic mass is 9.67. The van der Waals surface area contributed by atoms with Gasteiger partial charge in [-0.3, -0.25) is 4.79 Å². The third-order valence-corrected chi connectivity index (χ3v) is 4.92. The molecule has 0 radical (unpaired) electrons. The molecule has 2 unspecified atom stereocenters. The molecule has 2 rings (SSSR count). The van der Waals surface area contributed by atoms with Crippen LogP contribution >= 0.6 is 0 Å². The average Bonchev–Trinajstić information content (AvgIpc) is 2.35. The average molecular weight is 267 g/mol. The Balaban J connectivity index is 1.92. The number of piperidine rings is 1. The molecule has 0 aromatic heterocycles. The van der Waals surface area contributed by atoms with Gasteiger partial charge in [-0.25, -0.2) is 0 Å². The normalized spacial score (nSPS) is 32.3. The molecule has 1 N–H and O–H groups in total. The fourth-order valence-corrected chi connectivity index (χ4v) is 4.13. The Morgan fingerprint density at radius 2 is 1.89 bits per heavy atom. The molecule has 0 aromatic rings. The summed E-state index contributed by atoms with van der Waals surface area (Å²) in [5.41, 5.74) is 0.307. The minimum absolute atomic E-state index is 0.226. The predicted octanol–water partition coefficient (Wildman–Crippen LogP) is 2.68. The molecule has 1 aliphatic heterocycles. The summed E-state index contributed by atoms with van der Waals surface area (Å²) in [4.78, 5) is 14.7. The third-order valence-electron chi connectivity index (χ3n) is 4.92. The predicted molar refractivity (Wildman–Crippen MR) is 76.7 cm³/mol. The van der Waals surface area contributed by atoms with Crippen molar-refractivity contribution in [1.29, 1.82) is 0 Å². The zero-order valence-corrected chi connectivity index (χ0v) is 12.7. The first-order valence-electron chi connectivity index (χ1n) is 7.81. The maximum absolute atomic E-state index is 12.6. The Kier molecular flexibility index (Phi) is 4.54. The lowest BCUT2D eigenvalue weighted by Crippen LogP contribution is -2.45. The molecule has 1 saturated heterocycles. The van der Waals surface area contributed by atoms with Crippen LogP contribution in [0.4, 0.5) is 0 Å². The van der Waals surface area contributed by atoms with Crippen LogP contribution in [0, 0.1) is 23.2 Å². The highest BCUT2D eigenvalue weighted by atomic mass is 16.3. The van der Waals surface area contributed by atoms with Gasteiger partial charge in [0, 0.05) is 25.6 Å². The number of likely N-dealkylation sites (tertiary alicyclic amines) is 1. The Morgan fingerprint density at radius 1 is 1.26 bits per heavy atom. The van der Waals surface area contributed by atoms with Gasteiger partial charge in [-0.15, -0.1) is 0 Å². The van der Waals surface area contributed by atoms with Gasteiger partial charge in [-0.05, 0) is 49.4 Å². The molecule has 110 valence electrons. The summed E-state index contributed by atoms with van der Waals surface area (Å²) in [7, 11) is 0. The first kappa shape index (κ1) is 14.8. The number of aliphatic hydroxyl groups excluding tert-OH is 1. The van der Waals surface area contributed by atoms with E-state index < -0.39 is 0 Å². The quantitative estimate of drug-likeness (QED) is 0.835. The lowest BCUT2D eigenvalue weighted by molar-refractivity contribution is -0.140. The fraction of sp³-hybridized carbons (Fsp3) is 0.938. The monoisotopic (exact) mass is 267 g/mol. The van der Waals surface area contributed by atoms with Crippen LogP contribution in [0.15, 0.2) is 0 Å². The summed E-state index contributed by atoms with van der Waals surface area (Å²) in [6.45, 7) is 8.82. The van der Waals surface area contributed by atoms with Crippen molar-refractivity contribution in [1.82, 2.24) is 4.90 Å². The Labute approximate surface area is 117 Å². The third kappa shape index (κ3) is 3.71. The first-order chi connectivity index (χ1) is 8.91. The van der Waals surface area contributed by atoms with Crippen molar-refractivity contribution in [3.8, 4) is 0 Å². The molecular formula is C16H29NO2. The number of nitrogens with zero attached hydrogens (tertiary/aromatic N) is 1. The van der Waals surface area contributed by atoms with Crippen LogP contribution in [0.25, 0.3) is 0 Å². The number of carbonyl (C=O) groups excluding carboxylic acids is 1. The summed E-state index contributed by atoms with van der Waals surface area (Å²) in [6.07, 6.45) is 5.27. The van der Waals surface area contributed by atoms with Crippen LogP contribution < -0.4 is 0 Å². The van der Waals surface area contributed by atoms with Gasteiger partial charge in [-0.1, -0.05) is 20.8 Å². The Morgan fingerprint density at radius 3 is 2.42 bits per heavy atom. The highest BCUT2D eigenvalue weighted by Crippen LogP contribution is 2.42. The standard InChI is InChI=1S/C16H29NO2/c1-12-8-14(10-16(2,3)9-12)15(19)17-6-4-13(11-18)5-7-17/h12-14,18H,4-11H2,1-3H3. The van der Waals surface area contributed by atoms with Gasteiger partial charge in [0.05, 0.1) is 0 Å². The Bertz CT molecular complexity index is 319. The highest BCUT2D eigenvalue weighted by Gasteiger charge is 2.37. The van der Waals surface area contributed by atoms with Gasteiger partial charge >= 0.3 is 0 Å². The minimum atomic E-state index is 0.226. The summed E-state index contributed by atoms with van der Waals surface area (Å²) in [5, 5.41) is 9.16. The van der Waals surface area contributed by atoms with Crippen molar-refractivity contribution in [2.24, 2.45) is 23.2 Å². The highest BCUT2D eigenvalue weighted by molar-refractivity contribution is 5.79. The molecule has 3 heteroatoms. The van der Waals surface area contributed by atoms with Crippen LogP contribution in [-0.4, -0.2) is 35.6 Å². The number of hydrogen-bond acceptors (Lipinski definition) is 2. The van der Waals surface area contributed by atoms with Crippen molar-refractivity contribution >= 4 is 5.91 Å². The van der Waals surface area contributed by atoms with Gasteiger partial charge in [0.2, 0.25) is 5.91 Å². The van der Waals surface area contributed by atoms with Crippen molar-refractivity contribution < 1.29 is 9.90 Å². The van der Waals surface area contributed by atoms with E-state index in [-0.39, 0.29) is 12.5 Å². The second-order valence-electron chi connectivity index (χ2n) is 7.56. The molecule has 19 heavy (non-hydrogen) atoms. The van der Waals surface area contributed by atoms with Crippen molar-refractivity contribution in [2.75, 3.05) is 19.7 Å². The summed E-state index contributed by atoms with van der Waals surface area (Å²) < 4.78 is 0. The van der Waals surface area contributed by atoms with E-state index in [1.165, 1.54) is 6.42 Å². The van der Waals surface area contributed by atoms with E-state index in [1.807, 2.05) is 4.90 Å². The summed E-state index contributed by atoms with van der Waals surface area (Å²) in [6, 6.07) is 0. The molecular weight excluding hydrogens is 238 g/mol. The maximum atomic E-state index is 12.6. The van der Waals surface area contributed by atoms with Crippen LogP contribution in [0.1, 0.15) is 52.9 Å². The molecule has 3 nitrogen and oxygen atoms in total. The molecule has 1 heterocycles. The van der Waals surface area contributed by atoms with Crippen molar-refractivity contribution in [2.45, 2.75) is 52.9 Å². The van der Waals surface area contributed by atoms with Crippen LogP contribution in [-0.2, 0) is 4.79 Å². The fourth-order valence-electron chi connectivity index (χ4n) is 4.13. The van der Waals surface area contributed by atoms with Gasteiger partial charge in [-0.2, -0.15) is 0 Å². The van der Waals surface area contributed by atoms with Gasteiger partial charge in [0.1, 0.15) is 0 Å². The molecule has 0 spiro atoms. The summed E-state index contributed by atoms with van der Waals surface area (Å²) in [5.74, 6) is 1.67. The largest absolute Gasteiger partial charge is 0.396 e. The number of hydrogen-bond donors (Lipinski definition) is 1. The molecule has 1 amide bonds. The molecule has 1 aliphatic carbocycles. The van der Waals surface area contributed by atoms with Gasteiger partial charge in [0.15, 0.2) is 0 Å². The number of amides is 1. The van der Waals surface area contributed by atoms with Crippen LogP contribution in [0.5, 0.6) is 0 Å². The van der Waals surface area contributed by atoms with Crippen LogP contribution in [0.3, 0.4) is 0 Å². The van der Waals surface area contributed by atoms with E-state index in [2.05, 4.69) is 20.8 Å². The molecule has 2 atom stereocenters. The SMILES string of the molecule is CC1CC(C(=O)N2CCC(CO)CC2)CC(C)(C)C1. The first-order valence-corrected chi connectivity index (χ1v) is 7.81. The topological polar surface area (TPSA) is 40.5 Å².